The molecule has 4 rings (SSSR count). The molecule has 6 heteroatoms. The number of aromatic nitrogens is 2. The maximum atomic E-state index is 12.5. The van der Waals surface area contributed by atoms with Gasteiger partial charge in [-0.3, -0.25) is 4.79 Å². The summed E-state index contributed by atoms with van der Waals surface area (Å²) < 4.78 is 7.49. The van der Waals surface area contributed by atoms with E-state index in [0.29, 0.717) is 19.7 Å². The largest absolute Gasteiger partial charge is 0.372 e. The molecular formula is C20H24N4O2. The summed E-state index contributed by atoms with van der Waals surface area (Å²) in [5.41, 5.74) is 1.99. The SMILES string of the molecule is C=CCN1c2cccnc2-n2cccc2[C@@]12CCN(C(=O)COCC)C2. The smallest absolute Gasteiger partial charge is 0.248 e. The quantitative estimate of drug-likeness (QED) is 0.775. The molecule has 26 heavy (non-hydrogen) atoms. The lowest BCUT2D eigenvalue weighted by molar-refractivity contribution is -0.135. The molecule has 0 bridgehead atoms. The lowest BCUT2D eigenvalue weighted by Crippen LogP contribution is -2.53. The fourth-order valence-electron chi connectivity index (χ4n) is 4.22. The van der Waals surface area contributed by atoms with Crippen molar-refractivity contribution in [3.8, 4) is 5.82 Å². The fourth-order valence-corrected chi connectivity index (χ4v) is 4.22. The minimum atomic E-state index is -0.268. The van der Waals surface area contributed by atoms with E-state index in [1.165, 1.54) is 5.69 Å². The molecule has 2 aliphatic rings. The first-order valence-electron chi connectivity index (χ1n) is 9.08. The number of rotatable bonds is 5. The molecule has 0 N–H and O–H groups in total. The Balaban J connectivity index is 1.76. The molecule has 2 aromatic rings. The average Bonchev–Trinajstić information content (AvgIpc) is 3.32. The van der Waals surface area contributed by atoms with Gasteiger partial charge >= 0.3 is 0 Å². The summed E-state index contributed by atoms with van der Waals surface area (Å²) in [4.78, 5) is 21.4. The maximum Gasteiger partial charge on any atom is 0.248 e. The van der Waals surface area contributed by atoms with Gasteiger partial charge in [0.25, 0.3) is 0 Å². The van der Waals surface area contributed by atoms with Crippen LogP contribution in [0.3, 0.4) is 0 Å². The van der Waals surface area contributed by atoms with E-state index in [9.17, 15) is 4.79 Å². The van der Waals surface area contributed by atoms with Crippen LogP contribution in [-0.2, 0) is 15.1 Å². The van der Waals surface area contributed by atoms with Crippen molar-refractivity contribution in [3.63, 3.8) is 0 Å². The minimum absolute atomic E-state index is 0.0531. The van der Waals surface area contributed by atoms with Crippen LogP contribution >= 0.6 is 0 Å². The van der Waals surface area contributed by atoms with Gasteiger partial charge in [-0.05, 0) is 37.6 Å². The summed E-state index contributed by atoms with van der Waals surface area (Å²) in [6.07, 6.45) is 6.66. The molecule has 2 aromatic heterocycles. The number of nitrogens with zero attached hydrogens (tertiary/aromatic N) is 4. The fraction of sp³-hybridized carbons (Fsp3) is 0.400. The van der Waals surface area contributed by atoms with Crippen LogP contribution in [-0.4, -0.2) is 53.2 Å². The first-order valence-corrected chi connectivity index (χ1v) is 9.08. The van der Waals surface area contributed by atoms with Gasteiger partial charge in [0, 0.05) is 38.6 Å². The monoisotopic (exact) mass is 352 g/mol. The van der Waals surface area contributed by atoms with Crippen LogP contribution in [0.25, 0.3) is 5.82 Å². The number of pyridine rings is 1. The van der Waals surface area contributed by atoms with Gasteiger partial charge in [-0.25, -0.2) is 4.98 Å². The normalized spacial score (nSPS) is 21.0. The third-order valence-corrected chi connectivity index (χ3v) is 5.37. The molecule has 1 saturated heterocycles. The molecule has 2 aliphatic heterocycles. The van der Waals surface area contributed by atoms with Crippen molar-refractivity contribution in [2.45, 2.75) is 18.9 Å². The number of carbonyl (C=O) groups excluding carboxylic acids is 1. The standard InChI is InChI=1S/C20H24N4O2/c1-3-11-24-16-7-5-10-21-19(16)23-12-6-8-17(23)20(24)9-13-22(15-20)18(25)14-26-4-2/h3,5-8,10,12H,1,4,9,11,13-15H2,2H3/t20-/m0/s1. The molecule has 1 atom stereocenters. The van der Waals surface area contributed by atoms with Crippen LogP contribution in [0.15, 0.2) is 49.3 Å². The second-order valence-electron chi connectivity index (χ2n) is 6.74. The van der Waals surface area contributed by atoms with Crippen LogP contribution in [0.2, 0.25) is 0 Å². The van der Waals surface area contributed by atoms with Crippen LogP contribution in [0, 0.1) is 0 Å². The van der Waals surface area contributed by atoms with Crippen molar-refractivity contribution in [3.05, 3.63) is 55.0 Å². The molecule has 1 spiro atoms. The minimum Gasteiger partial charge on any atom is -0.372 e. The molecule has 136 valence electrons. The maximum absolute atomic E-state index is 12.5. The summed E-state index contributed by atoms with van der Waals surface area (Å²) in [6, 6.07) is 8.26. The van der Waals surface area contributed by atoms with E-state index < -0.39 is 0 Å². The van der Waals surface area contributed by atoms with E-state index in [4.69, 9.17) is 4.74 Å². The van der Waals surface area contributed by atoms with Crippen LogP contribution < -0.4 is 4.90 Å². The van der Waals surface area contributed by atoms with E-state index in [1.807, 2.05) is 30.2 Å². The Kier molecular flexibility index (Phi) is 4.28. The number of fused-ring (bicyclic) bond motifs is 4. The molecule has 0 radical (unpaired) electrons. The number of anilines is 1. The van der Waals surface area contributed by atoms with Gasteiger partial charge in [0.1, 0.15) is 12.1 Å². The topological polar surface area (TPSA) is 50.6 Å². The van der Waals surface area contributed by atoms with Gasteiger partial charge in [-0.2, -0.15) is 0 Å². The van der Waals surface area contributed by atoms with Crippen molar-refractivity contribution in [1.82, 2.24) is 14.5 Å². The molecule has 4 heterocycles. The summed E-state index contributed by atoms with van der Waals surface area (Å²) in [5.74, 6) is 0.983. The number of amides is 1. The molecule has 0 aliphatic carbocycles. The van der Waals surface area contributed by atoms with Crippen molar-refractivity contribution in [2.75, 3.05) is 37.7 Å². The molecule has 0 unspecified atom stereocenters. The predicted octanol–water partition coefficient (Wildman–Crippen LogP) is 2.34. The van der Waals surface area contributed by atoms with Gasteiger partial charge in [-0.15, -0.1) is 6.58 Å². The van der Waals surface area contributed by atoms with E-state index in [1.54, 1.807) is 0 Å². The number of hydrogen-bond acceptors (Lipinski definition) is 4. The van der Waals surface area contributed by atoms with Crippen molar-refractivity contribution < 1.29 is 9.53 Å². The molecule has 1 fully saturated rings. The summed E-state index contributed by atoms with van der Waals surface area (Å²) in [7, 11) is 0. The Labute approximate surface area is 153 Å². The lowest BCUT2D eigenvalue weighted by atomic mass is 9.89. The number of likely N-dealkylation sites (tertiary alicyclic amines) is 1. The predicted molar refractivity (Wildman–Crippen MR) is 100 cm³/mol. The van der Waals surface area contributed by atoms with E-state index >= 15 is 0 Å². The highest BCUT2D eigenvalue weighted by Gasteiger charge is 2.50. The Bertz CT molecular complexity index is 831. The Morgan fingerprint density at radius 3 is 3.12 bits per heavy atom. The Morgan fingerprint density at radius 1 is 1.42 bits per heavy atom. The molecule has 1 amide bonds. The first kappa shape index (κ1) is 16.8. The Morgan fingerprint density at radius 2 is 2.31 bits per heavy atom. The van der Waals surface area contributed by atoms with Crippen LogP contribution in [0.5, 0.6) is 0 Å². The summed E-state index contributed by atoms with van der Waals surface area (Å²) in [6.45, 7) is 8.63. The van der Waals surface area contributed by atoms with Crippen LogP contribution in [0.1, 0.15) is 19.0 Å². The molecular weight excluding hydrogens is 328 g/mol. The van der Waals surface area contributed by atoms with Gasteiger partial charge in [0.15, 0.2) is 5.82 Å². The zero-order valence-corrected chi connectivity index (χ0v) is 15.1. The highest BCUT2D eigenvalue weighted by molar-refractivity contribution is 5.78. The molecule has 0 saturated carbocycles. The lowest BCUT2D eigenvalue weighted by Gasteiger charge is -2.46. The molecule has 6 nitrogen and oxygen atoms in total. The van der Waals surface area contributed by atoms with Crippen LogP contribution in [0.4, 0.5) is 5.69 Å². The van der Waals surface area contributed by atoms with Gasteiger partial charge in [0.2, 0.25) is 5.91 Å². The van der Waals surface area contributed by atoms with Gasteiger partial charge < -0.3 is 19.1 Å². The first-order chi connectivity index (χ1) is 12.7. The van der Waals surface area contributed by atoms with E-state index in [-0.39, 0.29) is 18.1 Å². The second kappa shape index (κ2) is 6.61. The highest BCUT2D eigenvalue weighted by Crippen LogP contribution is 2.46. The van der Waals surface area contributed by atoms with Gasteiger partial charge in [0.05, 0.1) is 11.4 Å². The molecule has 0 aromatic carbocycles. The third-order valence-electron chi connectivity index (χ3n) is 5.37. The van der Waals surface area contributed by atoms with E-state index in [0.717, 1.165) is 24.5 Å². The zero-order valence-electron chi connectivity index (χ0n) is 15.1. The number of carbonyl (C=O) groups is 1. The van der Waals surface area contributed by atoms with E-state index in [2.05, 4.69) is 45.4 Å². The number of hydrogen-bond donors (Lipinski definition) is 0. The van der Waals surface area contributed by atoms with Gasteiger partial charge in [-0.1, -0.05) is 6.08 Å². The summed E-state index contributed by atoms with van der Waals surface area (Å²) >= 11 is 0. The van der Waals surface area contributed by atoms with Crippen molar-refractivity contribution in [2.24, 2.45) is 0 Å². The second-order valence-corrected chi connectivity index (χ2v) is 6.74. The zero-order chi connectivity index (χ0) is 18.1. The Hall–Kier alpha value is -2.60. The third kappa shape index (κ3) is 2.44. The average molecular weight is 352 g/mol. The highest BCUT2D eigenvalue weighted by atomic mass is 16.5. The van der Waals surface area contributed by atoms with Crippen molar-refractivity contribution in [1.29, 1.82) is 0 Å². The van der Waals surface area contributed by atoms with Crippen molar-refractivity contribution >= 4 is 11.6 Å². The summed E-state index contributed by atoms with van der Waals surface area (Å²) in [5, 5.41) is 0. The number of ether oxygens (including phenoxy) is 1.